The van der Waals surface area contributed by atoms with Crippen LogP contribution in [0.15, 0.2) is 59.6 Å². The maximum atomic E-state index is 12.2. The van der Waals surface area contributed by atoms with Gasteiger partial charge in [0.15, 0.2) is 5.96 Å². The number of hydrogen-bond donors (Lipinski definition) is 3. The molecule has 0 bridgehead atoms. The van der Waals surface area contributed by atoms with Gasteiger partial charge in [0.25, 0.3) is 0 Å². The van der Waals surface area contributed by atoms with Crippen LogP contribution in [0.1, 0.15) is 36.5 Å². The van der Waals surface area contributed by atoms with E-state index in [4.69, 9.17) is 20.9 Å². The van der Waals surface area contributed by atoms with Gasteiger partial charge in [0, 0.05) is 28.8 Å². The van der Waals surface area contributed by atoms with E-state index in [1.54, 1.807) is 18.2 Å². The number of benzene rings is 3. The van der Waals surface area contributed by atoms with Gasteiger partial charge in [0.2, 0.25) is 0 Å². The molecule has 0 radical (unpaired) electrons. The minimum atomic E-state index is -0.468. The van der Waals surface area contributed by atoms with Crippen molar-refractivity contribution in [1.29, 1.82) is 0 Å². The van der Waals surface area contributed by atoms with Gasteiger partial charge in [-0.05, 0) is 56.0 Å². The van der Waals surface area contributed by atoms with Crippen LogP contribution in [0.25, 0.3) is 16.8 Å². The minimum absolute atomic E-state index is 0.00697. The van der Waals surface area contributed by atoms with Crippen molar-refractivity contribution in [3.63, 3.8) is 0 Å². The van der Waals surface area contributed by atoms with Crippen LogP contribution in [0.3, 0.4) is 0 Å². The Morgan fingerprint density at radius 1 is 1.18 bits per heavy atom. The Morgan fingerprint density at radius 2 is 1.88 bits per heavy atom. The summed E-state index contributed by atoms with van der Waals surface area (Å²) in [6.45, 7) is 4.21. The van der Waals surface area contributed by atoms with Gasteiger partial charge in [-0.15, -0.1) is 0 Å². The fourth-order valence-electron chi connectivity index (χ4n) is 4.23. The van der Waals surface area contributed by atoms with Crippen molar-refractivity contribution in [3.8, 4) is 11.5 Å². The number of nitrogens with two attached hydrogens (primary N) is 2. The van der Waals surface area contributed by atoms with Crippen molar-refractivity contribution in [1.82, 2.24) is 0 Å². The zero-order chi connectivity index (χ0) is 24.3. The average Bonchev–Trinajstić information content (AvgIpc) is 2.81. The molecule has 0 saturated carbocycles. The summed E-state index contributed by atoms with van der Waals surface area (Å²) in [4.78, 5) is 16.2. The molecular weight excluding hydrogens is 430 g/mol. The van der Waals surface area contributed by atoms with Crippen molar-refractivity contribution in [2.75, 3.05) is 6.61 Å². The van der Waals surface area contributed by atoms with Gasteiger partial charge in [0.1, 0.15) is 17.1 Å². The maximum absolute atomic E-state index is 12.2. The number of nitrogens with zero attached hydrogens (tertiary/aromatic N) is 1. The second-order valence-corrected chi connectivity index (χ2v) is 8.76. The SMILES string of the molecule is Cc1c2c(c3ccccc3c1O)OC(C)(CCOC(=O)/C=C/c1ccc(N=C(N)N)cc1)CC2. The van der Waals surface area contributed by atoms with Gasteiger partial charge in [0.05, 0.1) is 12.3 Å². The summed E-state index contributed by atoms with van der Waals surface area (Å²) in [5.74, 6) is 0.704. The summed E-state index contributed by atoms with van der Waals surface area (Å²) < 4.78 is 11.9. The number of aliphatic imine (C=N–C) groups is 1. The highest BCUT2D eigenvalue weighted by Gasteiger charge is 2.34. The fourth-order valence-corrected chi connectivity index (χ4v) is 4.23. The highest BCUT2D eigenvalue weighted by atomic mass is 16.5. The lowest BCUT2D eigenvalue weighted by Gasteiger charge is -2.37. The maximum Gasteiger partial charge on any atom is 0.330 e. The van der Waals surface area contributed by atoms with Gasteiger partial charge < -0.3 is 26.0 Å². The van der Waals surface area contributed by atoms with Crippen LogP contribution in [0.2, 0.25) is 0 Å². The van der Waals surface area contributed by atoms with Crippen molar-refractivity contribution in [3.05, 3.63) is 71.3 Å². The van der Waals surface area contributed by atoms with Crippen LogP contribution in [-0.4, -0.2) is 29.2 Å². The van der Waals surface area contributed by atoms with Crippen LogP contribution in [-0.2, 0) is 16.0 Å². The molecule has 3 aromatic rings. The first-order chi connectivity index (χ1) is 16.3. The molecule has 176 valence electrons. The second kappa shape index (κ2) is 9.47. The normalized spacial score (nSPS) is 17.2. The van der Waals surface area contributed by atoms with E-state index in [0.717, 1.165) is 46.1 Å². The van der Waals surface area contributed by atoms with E-state index in [1.807, 2.05) is 50.2 Å². The molecule has 0 amide bonds. The van der Waals surface area contributed by atoms with Crippen LogP contribution in [0.4, 0.5) is 5.69 Å². The standard InChI is InChI=1S/C27H29N3O4/c1-17-20-13-14-27(2,34-25(20)22-6-4-3-5-21(22)24(17)32)15-16-33-23(31)12-9-18-7-10-19(11-8-18)30-26(28)29/h3-12,32H,13-16H2,1-2H3,(H4,28,29,30)/b12-9+. The number of phenols is 1. The van der Waals surface area contributed by atoms with Crippen molar-refractivity contribution >= 4 is 34.5 Å². The Kier molecular flexibility index (Phi) is 6.45. The topological polar surface area (TPSA) is 120 Å². The number of ether oxygens (including phenoxy) is 2. The Bertz CT molecular complexity index is 1280. The lowest BCUT2D eigenvalue weighted by molar-refractivity contribution is -0.138. The van der Waals surface area contributed by atoms with Crippen molar-refractivity contribution in [2.24, 2.45) is 16.5 Å². The molecule has 3 aromatic carbocycles. The molecule has 0 aliphatic carbocycles. The number of fused-ring (bicyclic) bond motifs is 3. The van der Waals surface area contributed by atoms with Gasteiger partial charge in [-0.3, -0.25) is 0 Å². The monoisotopic (exact) mass is 459 g/mol. The number of guanidine groups is 1. The molecule has 4 rings (SSSR count). The Labute approximate surface area is 198 Å². The summed E-state index contributed by atoms with van der Waals surface area (Å²) in [5, 5.41) is 12.3. The van der Waals surface area contributed by atoms with E-state index in [2.05, 4.69) is 4.99 Å². The number of aromatic hydroxyl groups is 1. The van der Waals surface area contributed by atoms with Gasteiger partial charge in [-0.2, -0.15) is 0 Å². The number of esters is 1. The fraction of sp³-hybridized carbons (Fsp3) is 0.259. The molecule has 7 heteroatoms. The molecule has 0 spiro atoms. The molecule has 1 unspecified atom stereocenters. The van der Waals surface area contributed by atoms with E-state index in [0.29, 0.717) is 17.9 Å². The van der Waals surface area contributed by atoms with Crippen LogP contribution < -0.4 is 16.2 Å². The smallest absolute Gasteiger partial charge is 0.330 e. The molecule has 0 fully saturated rings. The number of rotatable bonds is 6. The largest absolute Gasteiger partial charge is 0.507 e. The van der Waals surface area contributed by atoms with Crippen LogP contribution >= 0.6 is 0 Å². The molecular formula is C27H29N3O4. The third kappa shape index (κ3) is 4.98. The lowest BCUT2D eigenvalue weighted by atomic mass is 9.86. The molecule has 1 atom stereocenters. The summed E-state index contributed by atoms with van der Waals surface area (Å²) in [5.41, 5.74) is 13.6. The van der Waals surface area contributed by atoms with E-state index >= 15 is 0 Å². The first-order valence-electron chi connectivity index (χ1n) is 11.2. The third-order valence-corrected chi connectivity index (χ3v) is 6.20. The third-order valence-electron chi connectivity index (χ3n) is 6.20. The summed E-state index contributed by atoms with van der Waals surface area (Å²) >= 11 is 0. The number of phenolic OH excluding ortho intramolecular Hbond substituents is 1. The average molecular weight is 460 g/mol. The summed E-state index contributed by atoms with van der Waals surface area (Å²) in [6.07, 6.45) is 5.20. The lowest BCUT2D eigenvalue weighted by Crippen LogP contribution is -2.38. The predicted octanol–water partition coefficient (Wildman–Crippen LogP) is 4.49. The van der Waals surface area contributed by atoms with E-state index in [9.17, 15) is 9.90 Å². The second-order valence-electron chi connectivity index (χ2n) is 8.76. The quantitative estimate of drug-likeness (QED) is 0.216. The zero-order valence-corrected chi connectivity index (χ0v) is 19.4. The molecule has 0 saturated heterocycles. The zero-order valence-electron chi connectivity index (χ0n) is 19.4. The Morgan fingerprint density at radius 3 is 2.59 bits per heavy atom. The minimum Gasteiger partial charge on any atom is -0.507 e. The highest BCUT2D eigenvalue weighted by Crippen LogP contribution is 2.45. The van der Waals surface area contributed by atoms with Crippen molar-refractivity contribution in [2.45, 2.75) is 38.7 Å². The predicted molar refractivity (Wildman–Crippen MR) is 134 cm³/mol. The summed E-state index contributed by atoms with van der Waals surface area (Å²) in [6, 6.07) is 14.8. The molecule has 1 heterocycles. The Hall–Kier alpha value is -4.00. The van der Waals surface area contributed by atoms with E-state index in [-0.39, 0.29) is 12.6 Å². The first-order valence-corrected chi connectivity index (χ1v) is 11.2. The molecule has 0 aromatic heterocycles. The van der Waals surface area contributed by atoms with E-state index in [1.165, 1.54) is 6.08 Å². The summed E-state index contributed by atoms with van der Waals surface area (Å²) in [7, 11) is 0. The number of carbonyl (C=O) groups excluding carboxylic acids is 1. The molecule has 1 aliphatic heterocycles. The van der Waals surface area contributed by atoms with Crippen molar-refractivity contribution < 1.29 is 19.4 Å². The molecule has 7 nitrogen and oxygen atoms in total. The first kappa shape index (κ1) is 23.2. The number of carbonyl (C=O) groups is 1. The van der Waals surface area contributed by atoms with Crippen LogP contribution in [0.5, 0.6) is 11.5 Å². The highest BCUT2D eigenvalue weighted by molar-refractivity contribution is 5.96. The van der Waals surface area contributed by atoms with Gasteiger partial charge in [-0.25, -0.2) is 9.79 Å². The van der Waals surface area contributed by atoms with Gasteiger partial charge >= 0.3 is 5.97 Å². The van der Waals surface area contributed by atoms with Gasteiger partial charge in [-0.1, -0.05) is 36.4 Å². The number of hydrogen-bond acceptors (Lipinski definition) is 5. The Balaban J connectivity index is 1.37. The molecule has 1 aliphatic rings. The molecule has 5 N–H and O–H groups in total. The van der Waals surface area contributed by atoms with E-state index < -0.39 is 11.6 Å². The van der Waals surface area contributed by atoms with Crippen LogP contribution in [0, 0.1) is 6.92 Å². The molecule has 34 heavy (non-hydrogen) atoms.